The highest BCUT2D eigenvalue weighted by Crippen LogP contribution is 2.45. The third-order valence-corrected chi connectivity index (χ3v) is 8.11. The largest absolute Gasteiger partial charge is 0.479 e. The number of hydrogen-bond acceptors (Lipinski definition) is 5. The van der Waals surface area contributed by atoms with Crippen molar-refractivity contribution in [3.63, 3.8) is 0 Å². The summed E-state index contributed by atoms with van der Waals surface area (Å²) in [4.78, 5) is 39.5. The molecule has 1 saturated carbocycles. The number of fused-ring (bicyclic) bond motifs is 3. The monoisotopic (exact) mass is 478 g/mol. The molecule has 2 unspecified atom stereocenters. The molecule has 2 aliphatic carbocycles. The lowest BCUT2D eigenvalue weighted by Crippen LogP contribution is -2.64. The van der Waals surface area contributed by atoms with Crippen molar-refractivity contribution in [2.24, 2.45) is 5.41 Å². The van der Waals surface area contributed by atoms with Crippen molar-refractivity contribution >= 4 is 18.0 Å². The minimum atomic E-state index is -1.18. The van der Waals surface area contributed by atoms with Gasteiger partial charge in [-0.25, -0.2) is 9.59 Å². The quantitative estimate of drug-likeness (QED) is 0.659. The average Bonchev–Trinajstić information content (AvgIpc) is 3.34. The van der Waals surface area contributed by atoms with Gasteiger partial charge in [0.1, 0.15) is 12.1 Å². The number of hydrogen-bond donors (Lipinski definition) is 2. The lowest BCUT2D eigenvalue weighted by atomic mass is 9.73. The van der Waals surface area contributed by atoms with Crippen LogP contribution in [0.4, 0.5) is 4.79 Å². The first kappa shape index (κ1) is 23.4. The summed E-state index contributed by atoms with van der Waals surface area (Å²) in [7, 11) is 1.53. The summed E-state index contributed by atoms with van der Waals surface area (Å²) in [5.74, 6) is -1.41. The van der Waals surface area contributed by atoms with Gasteiger partial charge in [0.15, 0.2) is 0 Å². The number of carbonyl (C=O) groups excluding carboxylic acids is 2. The second kappa shape index (κ2) is 8.68. The van der Waals surface area contributed by atoms with Gasteiger partial charge in [-0.1, -0.05) is 48.5 Å². The normalized spacial score (nSPS) is 24.1. The highest BCUT2D eigenvalue weighted by molar-refractivity contribution is 5.91. The zero-order chi connectivity index (χ0) is 24.8. The third-order valence-electron chi connectivity index (χ3n) is 8.11. The van der Waals surface area contributed by atoms with Gasteiger partial charge >= 0.3 is 12.1 Å². The summed E-state index contributed by atoms with van der Waals surface area (Å²) in [5, 5.41) is 12.6. The number of rotatable bonds is 6. The standard InChI is InChI=1S/C27H30N2O6/c1-26(23(30)29(2)27(24(31)32)12-7-13-27)16-34-15-22(26)28-25(33)35-14-21-19-10-5-3-8-17(19)18-9-4-6-11-20(18)21/h3-6,8-11,21-22H,7,12-16H2,1-2H3,(H,28,33)(H,31,32). The molecule has 0 radical (unpaired) electrons. The van der Waals surface area contributed by atoms with Gasteiger partial charge < -0.3 is 24.8 Å². The summed E-state index contributed by atoms with van der Waals surface area (Å²) >= 11 is 0. The number of likely N-dealkylation sites (N-methyl/N-ethyl adjacent to an activating group) is 1. The Morgan fingerprint density at radius 1 is 1.09 bits per heavy atom. The number of ether oxygens (including phenoxy) is 2. The molecule has 8 nitrogen and oxygen atoms in total. The van der Waals surface area contributed by atoms with E-state index in [0.717, 1.165) is 28.7 Å². The molecule has 1 aliphatic heterocycles. The molecule has 5 rings (SSSR count). The van der Waals surface area contributed by atoms with Crippen LogP contribution in [0.15, 0.2) is 48.5 Å². The van der Waals surface area contributed by atoms with Gasteiger partial charge in [-0.3, -0.25) is 4.79 Å². The third kappa shape index (κ3) is 3.67. The van der Waals surface area contributed by atoms with Crippen LogP contribution in [0.1, 0.15) is 43.2 Å². The second-order valence-electron chi connectivity index (χ2n) is 10.0. The van der Waals surface area contributed by atoms with E-state index in [1.807, 2.05) is 24.3 Å². The lowest BCUT2D eigenvalue weighted by molar-refractivity contribution is -0.168. The van der Waals surface area contributed by atoms with Crippen molar-refractivity contribution in [3.05, 3.63) is 59.7 Å². The molecule has 1 heterocycles. The summed E-state index contributed by atoms with van der Waals surface area (Å²) in [5.41, 5.74) is 2.25. The molecule has 1 saturated heterocycles. The van der Waals surface area contributed by atoms with Gasteiger partial charge in [-0.2, -0.15) is 0 Å². The van der Waals surface area contributed by atoms with Crippen LogP contribution in [0.5, 0.6) is 0 Å². The second-order valence-corrected chi connectivity index (χ2v) is 10.0. The van der Waals surface area contributed by atoms with E-state index in [0.29, 0.717) is 12.8 Å². The summed E-state index contributed by atoms with van der Waals surface area (Å²) in [6.07, 6.45) is 0.983. The molecule has 2 amide bonds. The Morgan fingerprint density at radius 3 is 2.23 bits per heavy atom. The zero-order valence-electron chi connectivity index (χ0n) is 20.0. The Labute approximate surface area is 204 Å². The van der Waals surface area contributed by atoms with Gasteiger partial charge in [0.2, 0.25) is 5.91 Å². The first-order valence-electron chi connectivity index (χ1n) is 12.0. The predicted molar refractivity (Wildman–Crippen MR) is 128 cm³/mol. The Bertz CT molecular complexity index is 1130. The number of carboxylic acids is 1. The van der Waals surface area contributed by atoms with E-state index < -0.39 is 29.1 Å². The SMILES string of the molecule is CN(C(=O)C1(C)COCC1NC(=O)OCC1c2ccccc2-c2ccccc21)C1(C(=O)O)CCC1. The Morgan fingerprint density at radius 2 is 1.69 bits per heavy atom. The molecule has 184 valence electrons. The number of amides is 2. The summed E-state index contributed by atoms with van der Waals surface area (Å²) < 4.78 is 11.2. The van der Waals surface area contributed by atoms with Gasteiger partial charge in [0.05, 0.1) is 24.7 Å². The molecule has 35 heavy (non-hydrogen) atoms. The molecule has 2 aromatic carbocycles. The fourth-order valence-electron chi connectivity index (χ4n) is 5.65. The van der Waals surface area contributed by atoms with Crippen LogP contribution in [-0.4, -0.2) is 66.4 Å². The van der Waals surface area contributed by atoms with Crippen molar-refractivity contribution in [1.82, 2.24) is 10.2 Å². The van der Waals surface area contributed by atoms with E-state index in [2.05, 4.69) is 29.6 Å². The maximum absolute atomic E-state index is 13.4. The van der Waals surface area contributed by atoms with E-state index in [1.54, 1.807) is 6.92 Å². The predicted octanol–water partition coefficient (Wildman–Crippen LogP) is 3.40. The van der Waals surface area contributed by atoms with Crippen molar-refractivity contribution in [1.29, 1.82) is 0 Å². The average molecular weight is 479 g/mol. The fraction of sp³-hybridized carbons (Fsp3) is 0.444. The van der Waals surface area contributed by atoms with Crippen molar-refractivity contribution in [2.75, 3.05) is 26.9 Å². The number of carbonyl (C=O) groups is 3. The van der Waals surface area contributed by atoms with E-state index in [4.69, 9.17) is 9.47 Å². The zero-order valence-corrected chi connectivity index (χ0v) is 20.0. The number of benzene rings is 2. The molecular weight excluding hydrogens is 448 g/mol. The van der Waals surface area contributed by atoms with E-state index in [9.17, 15) is 19.5 Å². The van der Waals surface area contributed by atoms with Crippen LogP contribution in [0.2, 0.25) is 0 Å². The van der Waals surface area contributed by atoms with E-state index in [1.165, 1.54) is 11.9 Å². The number of nitrogens with one attached hydrogen (secondary N) is 1. The van der Waals surface area contributed by atoms with Crippen LogP contribution in [0, 0.1) is 5.41 Å². The fourth-order valence-corrected chi connectivity index (χ4v) is 5.65. The van der Waals surface area contributed by atoms with Crippen LogP contribution in [0.25, 0.3) is 11.1 Å². The first-order chi connectivity index (χ1) is 16.8. The van der Waals surface area contributed by atoms with Gasteiger partial charge in [0.25, 0.3) is 0 Å². The Balaban J connectivity index is 1.26. The molecule has 2 N–H and O–H groups in total. The van der Waals surface area contributed by atoms with Crippen molar-refractivity contribution in [2.45, 2.75) is 43.7 Å². The van der Waals surface area contributed by atoms with Gasteiger partial charge in [0, 0.05) is 13.0 Å². The number of alkyl carbamates (subject to hydrolysis) is 1. The smallest absolute Gasteiger partial charge is 0.407 e. The Hall–Kier alpha value is -3.39. The summed E-state index contributed by atoms with van der Waals surface area (Å²) in [6, 6.07) is 15.6. The Kier molecular flexibility index (Phi) is 5.79. The molecule has 0 spiro atoms. The van der Waals surface area contributed by atoms with Crippen LogP contribution < -0.4 is 5.32 Å². The lowest BCUT2D eigenvalue weighted by Gasteiger charge is -2.47. The summed E-state index contributed by atoms with van der Waals surface area (Å²) in [6.45, 7) is 2.13. The van der Waals surface area contributed by atoms with Gasteiger partial charge in [-0.05, 0) is 48.4 Å². The van der Waals surface area contributed by atoms with Gasteiger partial charge in [-0.15, -0.1) is 0 Å². The highest BCUT2D eigenvalue weighted by Gasteiger charge is 2.56. The first-order valence-corrected chi connectivity index (χ1v) is 12.0. The van der Waals surface area contributed by atoms with E-state index in [-0.39, 0.29) is 31.6 Å². The molecule has 0 aromatic heterocycles. The topological polar surface area (TPSA) is 105 Å². The van der Waals surface area contributed by atoms with Crippen molar-refractivity contribution in [3.8, 4) is 11.1 Å². The highest BCUT2D eigenvalue weighted by atomic mass is 16.5. The number of nitrogens with zero attached hydrogens (tertiary/aromatic N) is 1. The van der Waals surface area contributed by atoms with Crippen LogP contribution >= 0.6 is 0 Å². The van der Waals surface area contributed by atoms with E-state index >= 15 is 0 Å². The molecule has 2 atom stereocenters. The molecule has 3 aliphatic rings. The number of carboxylic acid groups (broad SMARTS) is 1. The maximum atomic E-state index is 13.4. The maximum Gasteiger partial charge on any atom is 0.407 e. The van der Waals surface area contributed by atoms with Crippen LogP contribution in [-0.2, 0) is 19.1 Å². The van der Waals surface area contributed by atoms with Crippen LogP contribution in [0.3, 0.4) is 0 Å². The molecular formula is C27H30N2O6. The minimum absolute atomic E-state index is 0.0684. The molecule has 2 aromatic rings. The molecule has 0 bridgehead atoms. The number of aliphatic carboxylic acids is 1. The minimum Gasteiger partial charge on any atom is -0.479 e. The van der Waals surface area contributed by atoms with Crippen molar-refractivity contribution < 1.29 is 29.0 Å². The molecule has 8 heteroatoms. The molecule has 2 fully saturated rings.